The van der Waals surface area contributed by atoms with Gasteiger partial charge in [0.2, 0.25) is 0 Å². The summed E-state index contributed by atoms with van der Waals surface area (Å²) < 4.78 is 6.01. The van der Waals surface area contributed by atoms with Crippen molar-refractivity contribution in [2.24, 2.45) is 4.99 Å². The van der Waals surface area contributed by atoms with Crippen LogP contribution in [0.15, 0.2) is 41.4 Å². The molecule has 0 radical (unpaired) electrons. The molecule has 1 fully saturated rings. The molecule has 1 saturated heterocycles. The van der Waals surface area contributed by atoms with E-state index in [9.17, 15) is 0 Å². The van der Waals surface area contributed by atoms with Crippen molar-refractivity contribution in [2.75, 3.05) is 26.7 Å². The number of rotatable bonds is 3. The van der Waals surface area contributed by atoms with Crippen molar-refractivity contribution < 1.29 is 4.74 Å². The Balaban J connectivity index is 1.65. The molecule has 1 atom stereocenters. The Morgan fingerprint density at radius 1 is 1.29 bits per heavy atom. The third-order valence-electron chi connectivity index (χ3n) is 4.33. The van der Waals surface area contributed by atoms with E-state index in [2.05, 4.69) is 65.5 Å². The van der Waals surface area contributed by atoms with Crippen LogP contribution in [-0.4, -0.2) is 37.6 Å². The molecule has 4 nitrogen and oxygen atoms in total. The number of hydrogen-bond donors (Lipinski definition) is 1. The first-order chi connectivity index (χ1) is 11.7. The molecule has 1 aromatic heterocycles. The summed E-state index contributed by atoms with van der Waals surface area (Å²) in [5.74, 6) is 0.947. The second-order valence-electron chi connectivity index (χ2n) is 6.08. The van der Waals surface area contributed by atoms with Crippen molar-refractivity contribution in [3.05, 3.63) is 57.3 Å². The van der Waals surface area contributed by atoms with Gasteiger partial charge in [-0.15, -0.1) is 11.3 Å². The second-order valence-corrected chi connectivity index (χ2v) is 7.45. The minimum Gasteiger partial charge on any atom is -0.370 e. The predicted molar refractivity (Wildman–Crippen MR) is 101 cm³/mol. The molecule has 0 saturated carbocycles. The maximum absolute atomic E-state index is 6.01. The lowest BCUT2D eigenvalue weighted by atomic mass is 10.0. The van der Waals surface area contributed by atoms with Gasteiger partial charge in [0, 0.05) is 23.3 Å². The van der Waals surface area contributed by atoms with E-state index in [1.165, 1.54) is 20.9 Å². The molecular weight excluding hydrogens is 318 g/mol. The number of benzene rings is 1. The van der Waals surface area contributed by atoms with Gasteiger partial charge in [-0.1, -0.05) is 24.3 Å². The fourth-order valence-electron chi connectivity index (χ4n) is 3.06. The smallest absolute Gasteiger partial charge is 0.194 e. The first-order valence-electron chi connectivity index (χ1n) is 8.35. The Hall–Kier alpha value is -1.85. The van der Waals surface area contributed by atoms with Gasteiger partial charge in [0.1, 0.15) is 6.10 Å². The predicted octanol–water partition coefficient (Wildman–Crippen LogP) is 3.51. The summed E-state index contributed by atoms with van der Waals surface area (Å²) in [6, 6.07) is 12.8. The molecule has 1 N–H and O–H groups in total. The zero-order chi connectivity index (χ0) is 16.9. The number of aliphatic imine (C=N–C) groups is 1. The lowest BCUT2D eigenvalue weighted by Crippen LogP contribution is -2.48. The van der Waals surface area contributed by atoms with E-state index in [4.69, 9.17) is 4.74 Å². The van der Waals surface area contributed by atoms with Gasteiger partial charge in [0.25, 0.3) is 0 Å². The minimum absolute atomic E-state index is 0.0995. The molecule has 3 rings (SSSR count). The lowest BCUT2D eigenvalue weighted by Gasteiger charge is -2.35. The van der Waals surface area contributed by atoms with Crippen molar-refractivity contribution in [1.82, 2.24) is 10.2 Å². The zero-order valence-electron chi connectivity index (χ0n) is 14.6. The number of ether oxygens (including phenoxy) is 1. The van der Waals surface area contributed by atoms with Crippen LogP contribution in [0.4, 0.5) is 0 Å². The van der Waals surface area contributed by atoms with Gasteiger partial charge in [-0.3, -0.25) is 4.99 Å². The maximum atomic E-state index is 6.01. The molecule has 0 aliphatic carbocycles. The van der Waals surface area contributed by atoms with Gasteiger partial charge < -0.3 is 15.0 Å². The standard InChI is InChI=1S/C19H25N3OS/c1-14-6-4-5-7-17(14)18-13-22(10-11-23-18)19(20-3)21-12-16-9-8-15(2)24-16/h4-9,18H,10-13H2,1-3H3,(H,20,21). The molecule has 128 valence electrons. The average molecular weight is 343 g/mol. The van der Waals surface area contributed by atoms with Crippen LogP contribution >= 0.6 is 11.3 Å². The Morgan fingerprint density at radius 2 is 2.12 bits per heavy atom. The summed E-state index contributed by atoms with van der Waals surface area (Å²) in [6.07, 6.45) is 0.0995. The summed E-state index contributed by atoms with van der Waals surface area (Å²) in [4.78, 5) is 9.43. The van der Waals surface area contributed by atoms with E-state index >= 15 is 0 Å². The number of thiophene rings is 1. The molecule has 1 aliphatic heterocycles. The highest BCUT2D eigenvalue weighted by molar-refractivity contribution is 7.11. The fourth-order valence-corrected chi connectivity index (χ4v) is 3.89. The van der Waals surface area contributed by atoms with Crippen LogP contribution in [0.5, 0.6) is 0 Å². The number of aryl methyl sites for hydroxylation is 2. The molecule has 24 heavy (non-hydrogen) atoms. The van der Waals surface area contributed by atoms with Crippen LogP contribution in [0.25, 0.3) is 0 Å². The van der Waals surface area contributed by atoms with E-state index < -0.39 is 0 Å². The molecule has 1 aromatic carbocycles. The monoisotopic (exact) mass is 343 g/mol. The lowest BCUT2D eigenvalue weighted by molar-refractivity contribution is -0.00833. The van der Waals surface area contributed by atoms with Gasteiger partial charge >= 0.3 is 0 Å². The van der Waals surface area contributed by atoms with Crippen molar-refractivity contribution in [2.45, 2.75) is 26.5 Å². The highest BCUT2D eigenvalue weighted by Crippen LogP contribution is 2.25. The van der Waals surface area contributed by atoms with Crippen LogP contribution in [0, 0.1) is 13.8 Å². The zero-order valence-corrected chi connectivity index (χ0v) is 15.4. The van der Waals surface area contributed by atoms with E-state index in [0.717, 1.165) is 32.2 Å². The Bertz CT molecular complexity index is 710. The topological polar surface area (TPSA) is 36.9 Å². The van der Waals surface area contributed by atoms with Crippen molar-refractivity contribution in [3.63, 3.8) is 0 Å². The molecule has 1 unspecified atom stereocenters. The second kappa shape index (κ2) is 7.81. The molecule has 5 heteroatoms. The van der Waals surface area contributed by atoms with Gasteiger partial charge in [-0.2, -0.15) is 0 Å². The molecule has 1 aliphatic rings. The number of guanidine groups is 1. The molecule has 0 bridgehead atoms. The van der Waals surface area contributed by atoms with Crippen LogP contribution in [0.2, 0.25) is 0 Å². The summed E-state index contributed by atoms with van der Waals surface area (Å²) >= 11 is 1.83. The number of nitrogens with zero attached hydrogens (tertiary/aromatic N) is 2. The summed E-state index contributed by atoms with van der Waals surface area (Å²) in [6.45, 7) is 7.51. The molecule has 0 amide bonds. The van der Waals surface area contributed by atoms with E-state index in [1.54, 1.807) is 0 Å². The summed E-state index contributed by atoms with van der Waals surface area (Å²) in [5.41, 5.74) is 2.55. The quantitative estimate of drug-likeness (QED) is 0.684. The molecular formula is C19H25N3OS. The first kappa shape index (κ1) is 17.0. The minimum atomic E-state index is 0.0995. The third kappa shape index (κ3) is 3.97. The Morgan fingerprint density at radius 3 is 2.83 bits per heavy atom. The van der Waals surface area contributed by atoms with Gasteiger partial charge in [0.05, 0.1) is 19.7 Å². The number of nitrogens with one attached hydrogen (secondary N) is 1. The largest absolute Gasteiger partial charge is 0.370 e. The number of morpholine rings is 1. The maximum Gasteiger partial charge on any atom is 0.194 e. The van der Waals surface area contributed by atoms with Gasteiger partial charge in [-0.05, 0) is 37.1 Å². The fraction of sp³-hybridized carbons (Fsp3) is 0.421. The van der Waals surface area contributed by atoms with Crippen LogP contribution in [-0.2, 0) is 11.3 Å². The van der Waals surface area contributed by atoms with Gasteiger partial charge in [0.15, 0.2) is 5.96 Å². The van der Waals surface area contributed by atoms with Crippen molar-refractivity contribution in [3.8, 4) is 0 Å². The summed E-state index contributed by atoms with van der Waals surface area (Å²) in [7, 11) is 1.85. The Labute approximate surface area is 148 Å². The highest BCUT2D eigenvalue weighted by atomic mass is 32.1. The van der Waals surface area contributed by atoms with E-state index in [-0.39, 0.29) is 6.10 Å². The van der Waals surface area contributed by atoms with Crippen molar-refractivity contribution >= 4 is 17.3 Å². The average Bonchev–Trinajstić information content (AvgIpc) is 3.01. The van der Waals surface area contributed by atoms with Crippen LogP contribution in [0.1, 0.15) is 27.0 Å². The highest BCUT2D eigenvalue weighted by Gasteiger charge is 2.25. The normalized spacial score (nSPS) is 18.7. The number of hydrogen-bond acceptors (Lipinski definition) is 3. The molecule has 2 aromatic rings. The molecule has 2 heterocycles. The Kier molecular flexibility index (Phi) is 5.53. The van der Waals surface area contributed by atoms with Gasteiger partial charge in [-0.25, -0.2) is 0 Å². The van der Waals surface area contributed by atoms with Crippen LogP contribution in [0.3, 0.4) is 0 Å². The third-order valence-corrected chi connectivity index (χ3v) is 5.33. The molecule has 0 spiro atoms. The first-order valence-corrected chi connectivity index (χ1v) is 9.17. The van der Waals surface area contributed by atoms with Crippen LogP contribution < -0.4 is 5.32 Å². The van der Waals surface area contributed by atoms with Crippen molar-refractivity contribution in [1.29, 1.82) is 0 Å². The van der Waals surface area contributed by atoms with E-state index in [0.29, 0.717) is 0 Å². The summed E-state index contributed by atoms with van der Waals surface area (Å²) in [5, 5.41) is 3.49. The SMILES string of the molecule is CN=C(NCc1ccc(C)s1)N1CCOC(c2ccccc2C)C1. The van der Waals surface area contributed by atoms with E-state index in [1.807, 2.05) is 18.4 Å².